The number of amides is 2. The Labute approximate surface area is 152 Å². The molecule has 2 saturated heterocycles. The number of carboxylic acid groups (broad SMARTS) is 1. The average molecular weight is 386 g/mol. The largest absolute Gasteiger partial charge is 0.480 e. The summed E-state index contributed by atoms with van der Waals surface area (Å²) in [4.78, 5) is 48.9. The predicted octanol–water partition coefficient (Wildman–Crippen LogP) is 0.133. The van der Waals surface area contributed by atoms with E-state index >= 15 is 0 Å². The number of nitrogens with one attached hydrogen (secondary N) is 1. The van der Waals surface area contributed by atoms with Gasteiger partial charge in [-0.3, -0.25) is 14.4 Å². The first-order valence-electron chi connectivity index (χ1n) is 7.50. The molecular weight excluding hydrogens is 370 g/mol. The average Bonchev–Trinajstić information content (AvgIpc) is 2.77. The van der Waals surface area contributed by atoms with Crippen molar-refractivity contribution in [3.8, 4) is 0 Å². The Morgan fingerprint density at radius 3 is 2.68 bits per heavy atom. The van der Waals surface area contributed by atoms with E-state index in [0.717, 1.165) is 4.57 Å². The number of fused-ring (bicyclic) bond motifs is 1. The first kappa shape index (κ1) is 17.8. The Morgan fingerprint density at radius 1 is 1.36 bits per heavy atom. The van der Waals surface area contributed by atoms with Gasteiger partial charge in [-0.15, -0.1) is 11.8 Å². The fourth-order valence-corrected chi connectivity index (χ4v) is 4.95. The molecular formula is C15H16ClN3O5S. The highest BCUT2D eigenvalue weighted by atomic mass is 35.5. The van der Waals surface area contributed by atoms with Crippen LogP contribution in [0.25, 0.3) is 0 Å². The van der Waals surface area contributed by atoms with E-state index in [9.17, 15) is 24.3 Å². The fourth-order valence-electron chi connectivity index (χ4n) is 3.14. The van der Waals surface area contributed by atoms with Crippen LogP contribution in [0.3, 0.4) is 0 Å². The summed E-state index contributed by atoms with van der Waals surface area (Å²) in [5, 5.41) is 11.8. The number of aromatic nitrogens is 1. The molecule has 2 amide bonds. The molecule has 3 atom stereocenters. The maximum Gasteiger partial charge on any atom is 0.327 e. The number of hydrogen-bond acceptors (Lipinski definition) is 5. The molecule has 1 unspecified atom stereocenters. The van der Waals surface area contributed by atoms with Crippen LogP contribution in [-0.2, 0) is 20.9 Å². The SMILES string of the molecule is CC1(C)S[C@@H]2C(NC(=O)Cn3cc(Cl)ccc3=O)C(=O)N2[C@H]1C(=O)O. The number of halogens is 1. The maximum absolute atomic E-state index is 12.3. The minimum Gasteiger partial charge on any atom is -0.480 e. The minimum atomic E-state index is -1.07. The van der Waals surface area contributed by atoms with Crippen LogP contribution in [0.1, 0.15) is 13.8 Å². The topological polar surface area (TPSA) is 109 Å². The third-order valence-electron chi connectivity index (χ3n) is 4.25. The van der Waals surface area contributed by atoms with Crippen molar-refractivity contribution in [1.82, 2.24) is 14.8 Å². The van der Waals surface area contributed by atoms with Gasteiger partial charge in [0, 0.05) is 17.0 Å². The summed E-state index contributed by atoms with van der Waals surface area (Å²) in [7, 11) is 0. The van der Waals surface area contributed by atoms with Gasteiger partial charge >= 0.3 is 5.97 Å². The highest BCUT2D eigenvalue weighted by Gasteiger charge is 2.64. The number of carbonyl (C=O) groups excluding carboxylic acids is 2. The van der Waals surface area contributed by atoms with E-state index in [1.165, 1.54) is 35.0 Å². The van der Waals surface area contributed by atoms with E-state index in [1.54, 1.807) is 13.8 Å². The van der Waals surface area contributed by atoms with Crippen LogP contribution in [0, 0.1) is 0 Å². The lowest BCUT2D eigenvalue weighted by molar-refractivity contribution is -0.161. The summed E-state index contributed by atoms with van der Waals surface area (Å²) in [5.74, 6) is -2.01. The van der Waals surface area contributed by atoms with Gasteiger partial charge in [0.05, 0.1) is 5.02 Å². The predicted molar refractivity (Wildman–Crippen MR) is 91.4 cm³/mol. The van der Waals surface area contributed by atoms with Crippen molar-refractivity contribution < 1.29 is 19.5 Å². The number of hydrogen-bond donors (Lipinski definition) is 2. The van der Waals surface area contributed by atoms with E-state index in [0.29, 0.717) is 5.02 Å². The summed E-state index contributed by atoms with van der Waals surface area (Å²) in [6.07, 6.45) is 1.34. The molecule has 2 fully saturated rings. The number of thioether (sulfide) groups is 1. The second-order valence-electron chi connectivity index (χ2n) is 6.46. The molecule has 1 aromatic rings. The highest BCUT2D eigenvalue weighted by Crippen LogP contribution is 2.50. The number of rotatable bonds is 4. The Hall–Kier alpha value is -2.00. The monoisotopic (exact) mass is 385 g/mol. The first-order chi connectivity index (χ1) is 11.6. The van der Waals surface area contributed by atoms with Crippen molar-refractivity contribution in [2.75, 3.05) is 0 Å². The number of nitrogens with zero attached hydrogens (tertiary/aromatic N) is 2. The normalized spacial score (nSPS) is 26.8. The van der Waals surface area contributed by atoms with Gasteiger partial charge in [0.15, 0.2) is 0 Å². The second kappa shape index (κ2) is 6.06. The van der Waals surface area contributed by atoms with Crippen LogP contribution in [-0.4, -0.2) is 54.6 Å². The van der Waals surface area contributed by atoms with E-state index < -0.39 is 40.0 Å². The molecule has 0 aromatic carbocycles. The third-order valence-corrected chi connectivity index (χ3v) is 6.05. The van der Waals surface area contributed by atoms with Crippen LogP contribution in [0.5, 0.6) is 0 Å². The maximum atomic E-state index is 12.3. The van der Waals surface area contributed by atoms with Crippen molar-refractivity contribution in [2.24, 2.45) is 0 Å². The quantitative estimate of drug-likeness (QED) is 0.713. The van der Waals surface area contributed by atoms with Gasteiger partial charge < -0.3 is 19.9 Å². The van der Waals surface area contributed by atoms with Gasteiger partial charge in [-0.05, 0) is 19.9 Å². The number of carbonyl (C=O) groups is 3. The molecule has 3 rings (SSSR count). The molecule has 2 N–H and O–H groups in total. The lowest BCUT2D eigenvalue weighted by Gasteiger charge is -2.43. The van der Waals surface area contributed by atoms with E-state index in [4.69, 9.17) is 11.6 Å². The van der Waals surface area contributed by atoms with Crippen molar-refractivity contribution in [3.05, 3.63) is 33.7 Å². The fraction of sp³-hybridized carbons (Fsp3) is 0.467. The molecule has 0 aliphatic carbocycles. The van der Waals surface area contributed by atoms with Crippen molar-refractivity contribution >= 4 is 41.1 Å². The lowest BCUT2D eigenvalue weighted by atomic mass is 9.96. The van der Waals surface area contributed by atoms with Gasteiger partial charge in [-0.25, -0.2) is 4.79 Å². The molecule has 1 aromatic heterocycles. The molecule has 0 radical (unpaired) electrons. The van der Waals surface area contributed by atoms with E-state index in [1.807, 2.05) is 0 Å². The van der Waals surface area contributed by atoms with Gasteiger partial charge in [0.25, 0.3) is 5.56 Å². The summed E-state index contributed by atoms with van der Waals surface area (Å²) >= 11 is 7.15. The van der Waals surface area contributed by atoms with Crippen molar-refractivity contribution in [2.45, 2.75) is 42.6 Å². The third kappa shape index (κ3) is 3.02. The Bertz CT molecular complexity index is 824. The molecule has 134 valence electrons. The van der Waals surface area contributed by atoms with Crippen LogP contribution in [0.4, 0.5) is 0 Å². The number of β-lactam (4-membered cyclic amide) rings is 1. The number of aliphatic carboxylic acids is 1. The van der Waals surface area contributed by atoms with Gasteiger partial charge in [0.2, 0.25) is 11.8 Å². The summed E-state index contributed by atoms with van der Waals surface area (Å²) in [6, 6.07) is 0.947. The molecule has 0 spiro atoms. The second-order valence-corrected chi connectivity index (χ2v) is 8.66. The van der Waals surface area contributed by atoms with Gasteiger partial charge in [-0.1, -0.05) is 11.6 Å². The smallest absolute Gasteiger partial charge is 0.327 e. The Balaban J connectivity index is 1.70. The number of pyridine rings is 1. The highest BCUT2D eigenvalue weighted by molar-refractivity contribution is 8.01. The molecule has 0 bridgehead atoms. The van der Waals surface area contributed by atoms with Crippen molar-refractivity contribution in [3.63, 3.8) is 0 Å². The van der Waals surface area contributed by atoms with Gasteiger partial charge in [-0.2, -0.15) is 0 Å². The zero-order valence-electron chi connectivity index (χ0n) is 13.4. The molecule has 10 heteroatoms. The van der Waals surface area contributed by atoms with Crippen molar-refractivity contribution in [1.29, 1.82) is 0 Å². The summed E-state index contributed by atoms with van der Waals surface area (Å²) in [5.41, 5.74) is -0.386. The minimum absolute atomic E-state index is 0.272. The van der Waals surface area contributed by atoms with Crippen LogP contribution in [0.2, 0.25) is 5.02 Å². The molecule has 25 heavy (non-hydrogen) atoms. The molecule has 8 nitrogen and oxygen atoms in total. The first-order valence-corrected chi connectivity index (χ1v) is 8.76. The molecule has 0 saturated carbocycles. The lowest BCUT2D eigenvalue weighted by Crippen LogP contribution is -2.70. The molecule has 3 heterocycles. The summed E-state index contributed by atoms with van der Waals surface area (Å²) in [6.45, 7) is 3.24. The zero-order chi connectivity index (χ0) is 18.5. The summed E-state index contributed by atoms with van der Waals surface area (Å²) < 4.78 is 0.486. The van der Waals surface area contributed by atoms with Crippen LogP contribution >= 0.6 is 23.4 Å². The van der Waals surface area contributed by atoms with E-state index in [2.05, 4.69) is 5.32 Å². The Kier molecular flexibility index (Phi) is 4.32. The van der Waals surface area contributed by atoms with Gasteiger partial charge in [0.1, 0.15) is 24.0 Å². The zero-order valence-corrected chi connectivity index (χ0v) is 15.0. The molecule has 2 aliphatic heterocycles. The Morgan fingerprint density at radius 2 is 2.04 bits per heavy atom. The van der Waals surface area contributed by atoms with E-state index in [-0.39, 0.29) is 12.1 Å². The van der Waals surface area contributed by atoms with Crippen LogP contribution in [0.15, 0.2) is 23.1 Å². The van der Waals surface area contributed by atoms with Crippen LogP contribution < -0.4 is 10.9 Å². The number of carboxylic acids is 1. The standard InChI is InChI=1S/C15H16ClN3O5S/c1-15(2)11(14(23)24)19-12(22)10(13(19)25-15)17-8(20)6-18-5-7(16)3-4-9(18)21/h3-5,10-11,13H,6H2,1-2H3,(H,17,20)(H,23,24)/t10?,11-,13+/m0/s1. The molecule has 2 aliphatic rings.